The molecule has 1 aliphatic rings. The van der Waals surface area contributed by atoms with Crippen molar-refractivity contribution in [2.75, 3.05) is 4.90 Å². The number of carbonyl (C=O) groups is 2. The number of aryl methyl sites for hydroxylation is 1. The monoisotopic (exact) mass is 468 g/mol. The van der Waals surface area contributed by atoms with Gasteiger partial charge in [0, 0.05) is 17.7 Å². The Morgan fingerprint density at radius 2 is 1.57 bits per heavy atom. The van der Waals surface area contributed by atoms with Crippen molar-refractivity contribution in [2.45, 2.75) is 19.8 Å². The molecule has 2 aromatic heterocycles. The normalized spacial score (nSPS) is 13.7. The van der Waals surface area contributed by atoms with E-state index in [0.29, 0.717) is 24.2 Å². The van der Waals surface area contributed by atoms with Crippen LogP contribution in [0.3, 0.4) is 0 Å². The first-order chi connectivity index (χ1) is 17.0. The lowest BCUT2D eigenvalue weighted by Crippen LogP contribution is -2.39. The number of para-hydroxylation sites is 2. The highest BCUT2D eigenvalue weighted by Gasteiger charge is 2.48. The number of anilines is 1. The molecule has 1 aliphatic heterocycles. The summed E-state index contributed by atoms with van der Waals surface area (Å²) in [4.78, 5) is 28.2. The molecule has 0 radical (unpaired) electrons. The van der Waals surface area contributed by atoms with Crippen molar-refractivity contribution in [3.05, 3.63) is 102 Å². The maximum atomic E-state index is 14.7. The first kappa shape index (κ1) is 22.2. The van der Waals surface area contributed by atoms with Gasteiger partial charge in [0.1, 0.15) is 11.4 Å². The van der Waals surface area contributed by atoms with E-state index >= 15 is 0 Å². The molecule has 35 heavy (non-hydrogen) atoms. The van der Waals surface area contributed by atoms with E-state index in [1.54, 1.807) is 60.9 Å². The zero-order valence-corrected chi connectivity index (χ0v) is 18.9. The molecular weight excluding hydrogens is 447 g/mol. The molecule has 0 saturated carbocycles. The fourth-order valence-corrected chi connectivity index (χ4v) is 4.24. The number of benzene rings is 2. The zero-order chi connectivity index (χ0) is 24.5. The van der Waals surface area contributed by atoms with Gasteiger partial charge in [0.05, 0.1) is 17.1 Å². The summed E-state index contributed by atoms with van der Waals surface area (Å²) in [5, 5.41) is 18.2. The molecule has 8 heteroatoms. The number of halogens is 1. The van der Waals surface area contributed by atoms with E-state index in [4.69, 9.17) is 0 Å². The Balaban J connectivity index is 1.78. The highest BCUT2D eigenvalue weighted by Crippen LogP contribution is 2.39. The van der Waals surface area contributed by atoms with Crippen LogP contribution in [-0.2, 0) is 16.0 Å². The topological polar surface area (TPSA) is 82.1 Å². The van der Waals surface area contributed by atoms with Crippen LogP contribution in [0.4, 0.5) is 10.1 Å². The third-order valence-electron chi connectivity index (χ3n) is 5.78. The smallest absolute Gasteiger partial charge is 0.331 e. The number of aromatic nitrogens is 3. The number of pyridine rings is 1. The van der Waals surface area contributed by atoms with Gasteiger partial charge < -0.3 is 5.11 Å². The van der Waals surface area contributed by atoms with Crippen molar-refractivity contribution < 1.29 is 23.7 Å². The minimum atomic E-state index is -0.770. The van der Waals surface area contributed by atoms with Crippen LogP contribution >= 0.6 is 0 Å². The van der Waals surface area contributed by atoms with E-state index < -0.39 is 23.5 Å². The van der Waals surface area contributed by atoms with Gasteiger partial charge >= 0.3 is 5.91 Å². The number of hydrogen-bond donors (Lipinski definition) is 0. The summed E-state index contributed by atoms with van der Waals surface area (Å²) in [6.45, 7) is 1.93. The van der Waals surface area contributed by atoms with E-state index in [9.17, 15) is 19.1 Å². The van der Waals surface area contributed by atoms with Crippen LogP contribution < -0.4 is 14.6 Å². The van der Waals surface area contributed by atoms with E-state index in [0.717, 1.165) is 4.90 Å². The lowest BCUT2D eigenvalue weighted by atomic mass is 10.0. The first-order valence-corrected chi connectivity index (χ1v) is 11.2. The third kappa shape index (κ3) is 3.69. The maximum absolute atomic E-state index is 14.7. The van der Waals surface area contributed by atoms with Gasteiger partial charge in [0.25, 0.3) is 11.6 Å². The van der Waals surface area contributed by atoms with Gasteiger partial charge in [-0.25, -0.2) is 14.0 Å². The van der Waals surface area contributed by atoms with E-state index in [1.165, 1.54) is 27.4 Å². The quantitative estimate of drug-likeness (QED) is 0.321. The molecule has 0 fully saturated rings. The van der Waals surface area contributed by atoms with Gasteiger partial charge in [-0.15, -0.1) is 0 Å². The molecule has 0 unspecified atom stereocenters. The fraction of sp³-hybridized carbons (Fsp3) is 0.111. The average molecular weight is 468 g/mol. The Bertz CT molecular complexity index is 1460. The third-order valence-corrected chi connectivity index (χ3v) is 5.78. The van der Waals surface area contributed by atoms with Crippen molar-refractivity contribution in [1.29, 1.82) is 0 Å². The highest BCUT2D eigenvalue weighted by atomic mass is 19.1. The Hall–Kier alpha value is -4.59. The minimum Gasteiger partial charge on any atom is -0.858 e. The second kappa shape index (κ2) is 8.98. The molecule has 5 rings (SSSR count). The lowest BCUT2D eigenvalue weighted by Gasteiger charge is -2.16. The van der Waals surface area contributed by atoms with Crippen molar-refractivity contribution in [2.24, 2.45) is 0 Å². The molecule has 4 aromatic rings. The Morgan fingerprint density at radius 1 is 0.914 bits per heavy atom. The van der Waals surface area contributed by atoms with Gasteiger partial charge in [0.15, 0.2) is 12.4 Å². The zero-order valence-electron chi connectivity index (χ0n) is 18.9. The van der Waals surface area contributed by atoms with Crippen LogP contribution in [0.15, 0.2) is 85.2 Å². The van der Waals surface area contributed by atoms with E-state index in [2.05, 4.69) is 5.10 Å². The Kier molecular flexibility index (Phi) is 5.70. The predicted octanol–water partition coefficient (Wildman–Crippen LogP) is 3.27. The van der Waals surface area contributed by atoms with Crippen LogP contribution in [0.5, 0.6) is 5.88 Å². The molecular formula is C27H21FN4O3. The second-order valence-corrected chi connectivity index (χ2v) is 8.03. The van der Waals surface area contributed by atoms with Gasteiger partial charge in [-0.3, -0.25) is 9.59 Å². The van der Waals surface area contributed by atoms with Crippen molar-refractivity contribution in [1.82, 2.24) is 9.78 Å². The molecule has 2 aromatic carbocycles. The fourth-order valence-electron chi connectivity index (χ4n) is 4.24. The molecule has 0 atom stereocenters. The lowest BCUT2D eigenvalue weighted by molar-refractivity contribution is -0.576. The van der Waals surface area contributed by atoms with Crippen LogP contribution in [0.1, 0.15) is 24.6 Å². The number of imide groups is 1. The van der Waals surface area contributed by atoms with Crippen molar-refractivity contribution >= 4 is 28.8 Å². The molecule has 174 valence electrons. The molecule has 7 nitrogen and oxygen atoms in total. The van der Waals surface area contributed by atoms with Crippen LogP contribution in [0, 0.1) is 5.82 Å². The van der Waals surface area contributed by atoms with Crippen LogP contribution in [0.25, 0.3) is 17.0 Å². The maximum Gasteiger partial charge on any atom is 0.331 e. The van der Waals surface area contributed by atoms with Crippen LogP contribution in [-0.4, -0.2) is 21.6 Å². The van der Waals surface area contributed by atoms with Gasteiger partial charge in [0.2, 0.25) is 0 Å². The Morgan fingerprint density at radius 3 is 2.26 bits per heavy atom. The van der Waals surface area contributed by atoms with Gasteiger partial charge in [-0.05, 0) is 36.6 Å². The molecule has 2 amide bonds. The predicted molar refractivity (Wildman–Crippen MR) is 126 cm³/mol. The van der Waals surface area contributed by atoms with Crippen LogP contribution in [0.2, 0.25) is 0 Å². The van der Waals surface area contributed by atoms with Crippen molar-refractivity contribution in [3.63, 3.8) is 0 Å². The SMILES string of the molecule is CCCc1nn(-c2ccccc2)c([O-])c1C1=C([n+]2ccccc2)C(=O)N(c2ccccc2F)C1=O. The van der Waals surface area contributed by atoms with E-state index in [1.807, 2.05) is 13.0 Å². The summed E-state index contributed by atoms with van der Waals surface area (Å²) in [6.07, 6.45) is 4.30. The first-order valence-electron chi connectivity index (χ1n) is 11.2. The number of carbonyl (C=O) groups excluding carboxylic acids is 2. The summed E-state index contributed by atoms with van der Waals surface area (Å²) in [7, 11) is 0. The summed E-state index contributed by atoms with van der Waals surface area (Å²) >= 11 is 0. The molecule has 0 saturated heterocycles. The average Bonchev–Trinajstić information content (AvgIpc) is 3.33. The minimum absolute atomic E-state index is 0.0269. The summed E-state index contributed by atoms with van der Waals surface area (Å²) in [5.74, 6) is -2.72. The molecule has 0 bridgehead atoms. The highest BCUT2D eigenvalue weighted by molar-refractivity contribution is 6.53. The standard InChI is InChI=1S/C27H21FN4O3/c1-2-11-20-22(26(34)32(29-20)18-12-5-3-6-13-18)23-24(30-16-9-4-10-17-30)27(35)31(25(23)33)21-15-8-7-14-19(21)28/h3-10,12-17H,2,11H2,1H3. The molecule has 0 spiro atoms. The summed E-state index contributed by atoms with van der Waals surface area (Å²) in [5.41, 5.74) is 0.706. The number of nitrogens with zero attached hydrogens (tertiary/aromatic N) is 4. The summed E-state index contributed by atoms with van der Waals surface area (Å²) in [6, 6.07) is 19.6. The number of rotatable bonds is 6. The Labute approximate surface area is 201 Å². The number of hydrogen-bond acceptors (Lipinski definition) is 4. The van der Waals surface area contributed by atoms with Gasteiger partial charge in [-0.1, -0.05) is 49.7 Å². The van der Waals surface area contributed by atoms with Gasteiger partial charge in [-0.2, -0.15) is 9.67 Å². The molecule has 0 N–H and O–H groups in total. The molecule has 3 heterocycles. The number of amides is 2. The van der Waals surface area contributed by atoms with E-state index in [-0.39, 0.29) is 22.5 Å². The van der Waals surface area contributed by atoms with Crippen molar-refractivity contribution in [3.8, 4) is 11.6 Å². The second-order valence-electron chi connectivity index (χ2n) is 8.03. The largest absolute Gasteiger partial charge is 0.858 e. The summed E-state index contributed by atoms with van der Waals surface area (Å²) < 4.78 is 17.4. The molecule has 0 aliphatic carbocycles.